The van der Waals surface area contributed by atoms with Gasteiger partial charge in [-0.25, -0.2) is 13.9 Å². The van der Waals surface area contributed by atoms with Gasteiger partial charge >= 0.3 is 5.97 Å². The van der Waals surface area contributed by atoms with Crippen LogP contribution in [0.5, 0.6) is 0 Å². The fraction of sp³-hybridized carbons (Fsp3) is 0.0833. The van der Waals surface area contributed by atoms with Crippen LogP contribution < -0.4 is 5.32 Å². The quantitative estimate of drug-likeness (QED) is 0.332. The number of aromatic nitrogens is 3. The van der Waals surface area contributed by atoms with Crippen LogP contribution in [0.2, 0.25) is 0 Å². The van der Waals surface area contributed by atoms with E-state index >= 15 is 0 Å². The second-order valence-corrected chi connectivity index (χ2v) is 7.00. The average Bonchev–Trinajstić information content (AvgIpc) is 3.52. The Bertz CT molecular complexity index is 1270. The first-order valence-corrected chi connectivity index (χ1v) is 10.0. The highest BCUT2D eigenvalue weighted by atomic mass is 19.1. The number of ketones is 1. The highest BCUT2D eigenvalue weighted by Gasteiger charge is 2.22. The van der Waals surface area contributed by atoms with Gasteiger partial charge in [0.1, 0.15) is 11.4 Å². The van der Waals surface area contributed by atoms with E-state index in [1.807, 2.05) is 0 Å². The third-order valence-corrected chi connectivity index (χ3v) is 4.76. The maximum absolute atomic E-state index is 13.3. The molecule has 2 heterocycles. The molecule has 1 amide bonds. The van der Waals surface area contributed by atoms with Crippen LogP contribution in [0.1, 0.15) is 20.7 Å². The zero-order valence-corrected chi connectivity index (χ0v) is 17.3. The van der Waals surface area contributed by atoms with Crippen molar-refractivity contribution < 1.29 is 23.5 Å². The van der Waals surface area contributed by atoms with Crippen molar-refractivity contribution >= 4 is 17.7 Å². The maximum atomic E-state index is 13.3. The molecule has 4 rings (SSSR count). The van der Waals surface area contributed by atoms with Gasteiger partial charge in [0.05, 0.1) is 18.4 Å². The van der Waals surface area contributed by atoms with Crippen LogP contribution in [-0.4, -0.2) is 45.2 Å². The van der Waals surface area contributed by atoms with E-state index in [0.717, 1.165) is 0 Å². The Morgan fingerprint density at radius 2 is 1.64 bits per heavy atom. The van der Waals surface area contributed by atoms with Gasteiger partial charge in [-0.05, 0) is 36.4 Å². The molecule has 0 aliphatic carbocycles. The highest BCUT2D eigenvalue weighted by Crippen LogP contribution is 2.21. The van der Waals surface area contributed by atoms with Gasteiger partial charge in [-0.3, -0.25) is 9.59 Å². The Hall–Kier alpha value is -4.53. The molecule has 0 unspecified atom stereocenters. The molecule has 4 aromatic rings. The lowest BCUT2D eigenvalue weighted by Gasteiger charge is -2.11. The van der Waals surface area contributed by atoms with E-state index in [1.165, 1.54) is 35.1 Å². The molecule has 33 heavy (non-hydrogen) atoms. The molecule has 2 aromatic carbocycles. The van der Waals surface area contributed by atoms with Gasteiger partial charge < -0.3 is 14.6 Å². The zero-order chi connectivity index (χ0) is 23.2. The first-order chi connectivity index (χ1) is 16.0. The van der Waals surface area contributed by atoms with E-state index in [4.69, 9.17) is 4.74 Å². The van der Waals surface area contributed by atoms with Crippen LogP contribution in [0, 0.1) is 5.82 Å². The minimum absolute atomic E-state index is 0.115. The molecule has 0 radical (unpaired) electrons. The van der Waals surface area contributed by atoms with Crippen LogP contribution in [-0.2, 0) is 9.53 Å². The first-order valence-electron chi connectivity index (χ1n) is 10.0. The molecule has 0 spiro atoms. The number of ether oxygens (including phenoxy) is 1. The molecule has 0 saturated heterocycles. The normalized spacial score (nSPS) is 10.6. The first kappa shape index (κ1) is 21.7. The molecule has 0 bridgehead atoms. The van der Waals surface area contributed by atoms with Crippen LogP contribution in [0.25, 0.3) is 11.5 Å². The van der Waals surface area contributed by atoms with E-state index in [-0.39, 0.29) is 17.9 Å². The smallest absolute Gasteiger partial charge is 0.344 e. The van der Waals surface area contributed by atoms with Crippen molar-refractivity contribution in [3.05, 3.63) is 102 Å². The van der Waals surface area contributed by atoms with Crippen LogP contribution in [0.3, 0.4) is 0 Å². The topological polar surface area (TPSA) is 95.2 Å². The van der Waals surface area contributed by atoms with Crippen molar-refractivity contribution in [3.8, 4) is 11.5 Å². The van der Waals surface area contributed by atoms with Crippen LogP contribution in [0.15, 0.2) is 85.3 Å². The van der Waals surface area contributed by atoms with Gasteiger partial charge in [-0.15, -0.1) is 0 Å². The van der Waals surface area contributed by atoms with E-state index in [2.05, 4.69) is 10.4 Å². The molecule has 1 N–H and O–H groups in total. The molecule has 0 saturated carbocycles. The molecule has 8 nitrogen and oxygen atoms in total. The van der Waals surface area contributed by atoms with Gasteiger partial charge in [0.15, 0.2) is 18.2 Å². The van der Waals surface area contributed by atoms with Crippen molar-refractivity contribution in [2.45, 2.75) is 0 Å². The molecule has 0 atom stereocenters. The number of nitrogens with zero attached hydrogens (tertiary/aromatic N) is 3. The summed E-state index contributed by atoms with van der Waals surface area (Å²) in [7, 11) is 0. The van der Waals surface area contributed by atoms with Gasteiger partial charge in [0.2, 0.25) is 0 Å². The summed E-state index contributed by atoms with van der Waals surface area (Å²) < 4.78 is 21.6. The lowest BCUT2D eigenvalue weighted by Crippen LogP contribution is -2.33. The van der Waals surface area contributed by atoms with Crippen LogP contribution in [0.4, 0.5) is 4.39 Å². The average molecular weight is 446 g/mol. The number of hydrogen-bond acceptors (Lipinski definition) is 5. The van der Waals surface area contributed by atoms with E-state index in [0.29, 0.717) is 17.1 Å². The summed E-state index contributed by atoms with van der Waals surface area (Å²) >= 11 is 0. The molecule has 0 aliphatic heterocycles. The lowest BCUT2D eigenvalue weighted by atomic mass is 10.1. The van der Waals surface area contributed by atoms with Gasteiger partial charge in [0.25, 0.3) is 5.91 Å². The van der Waals surface area contributed by atoms with Crippen molar-refractivity contribution in [3.63, 3.8) is 0 Å². The number of amides is 1. The molecular weight excluding hydrogens is 427 g/mol. The summed E-state index contributed by atoms with van der Waals surface area (Å²) in [6, 6.07) is 17.7. The minimum Gasteiger partial charge on any atom is -0.452 e. The number of Topliss-reactive ketones (excluding diaryl/α,β-unsaturated/α-hetero) is 1. The molecule has 2 aromatic heterocycles. The maximum Gasteiger partial charge on any atom is 0.344 e. The minimum atomic E-state index is -0.767. The standard InChI is InChI=1S/C24H19FN4O4/c25-18-8-10-19(11-9-18)29-23(28-12-4-5-13-28)20(14-27-29)24(32)33-16-22(31)26-15-21(30)17-6-2-1-3-7-17/h1-14H,15-16H2,(H,26,31). The summed E-state index contributed by atoms with van der Waals surface area (Å²) in [5.74, 6) is -1.66. The highest BCUT2D eigenvalue weighted by molar-refractivity contribution is 5.99. The third-order valence-electron chi connectivity index (χ3n) is 4.76. The Kier molecular flexibility index (Phi) is 6.40. The van der Waals surface area contributed by atoms with Crippen molar-refractivity contribution in [1.29, 1.82) is 0 Å². The van der Waals surface area contributed by atoms with Gasteiger partial charge in [0, 0.05) is 18.0 Å². The Labute approximate surface area is 188 Å². The zero-order valence-electron chi connectivity index (χ0n) is 17.3. The number of carbonyl (C=O) groups excluding carboxylic acids is 3. The summed E-state index contributed by atoms with van der Waals surface area (Å²) in [5.41, 5.74) is 1.12. The van der Waals surface area contributed by atoms with Gasteiger partial charge in [-0.1, -0.05) is 30.3 Å². The number of benzene rings is 2. The Balaban J connectivity index is 1.44. The fourth-order valence-electron chi connectivity index (χ4n) is 3.15. The molecule has 0 fully saturated rings. The van der Waals surface area contributed by atoms with Crippen molar-refractivity contribution in [1.82, 2.24) is 19.7 Å². The van der Waals surface area contributed by atoms with E-state index in [9.17, 15) is 18.8 Å². The number of esters is 1. The Morgan fingerprint density at radius 3 is 2.33 bits per heavy atom. The number of rotatable bonds is 8. The Morgan fingerprint density at radius 1 is 0.939 bits per heavy atom. The predicted molar refractivity (Wildman–Crippen MR) is 117 cm³/mol. The lowest BCUT2D eigenvalue weighted by molar-refractivity contribution is -0.124. The fourth-order valence-corrected chi connectivity index (χ4v) is 3.15. The second kappa shape index (κ2) is 9.73. The second-order valence-electron chi connectivity index (χ2n) is 7.00. The molecular formula is C24H19FN4O4. The molecule has 166 valence electrons. The molecule has 9 heteroatoms. The summed E-state index contributed by atoms with van der Waals surface area (Å²) in [6.45, 7) is -0.773. The molecule has 0 aliphatic rings. The SMILES string of the molecule is O=C(COC(=O)c1cnn(-c2ccc(F)cc2)c1-n1cccc1)NCC(=O)c1ccccc1. The number of hydrogen-bond donors (Lipinski definition) is 1. The summed E-state index contributed by atoms with van der Waals surface area (Å²) in [4.78, 5) is 36.9. The van der Waals surface area contributed by atoms with E-state index < -0.39 is 24.3 Å². The summed E-state index contributed by atoms with van der Waals surface area (Å²) in [6.07, 6.45) is 4.75. The number of halogens is 1. The van der Waals surface area contributed by atoms with Crippen LogP contribution >= 0.6 is 0 Å². The monoisotopic (exact) mass is 446 g/mol. The largest absolute Gasteiger partial charge is 0.452 e. The number of nitrogens with one attached hydrogen (secondary N) is 1. The summed E-state index contributed by atoms with van der Waals surface area (Å²) in [5, 5.41) is 6.68. The van der Waals surface area contributed by atoms with Crippen molar-refractivity contribution in [2.75, 3.05) is 13.2 Å². The van der Waals surface area contributed by atoms with E-state index in [1.54, 1.807) is 59.4 Å². The van der Waals surface area contributed by atoms with Gasteiger partial charge in [-0.2, -0.15) is 5.10 Å². The van der Waals surface area contributed by atoms with Crippen molar-refractivity contribution in [2.24, 2.45) is 0 Å². The number of carbonyl (C=O) groups is 3. The predicted octanol–water partition coefficient (Wildman–Crippen LogP) is 2.96. The third kappa shape index (κ3) is 5.04.